The molecular formula is C24H28ClN5O4. The van der Waals surface area contributed by atoms with Crippen molar-refractivity contribution in [3.05, 3.63) is 63.7 Å². The molecule has 3 aromatic rings. The van der Waals surface area contributed by atoms with Gasteiger partial charge in [-0.05, 0) is 65.0 Å². The number of carbonyl (C=O) groups is 2. The summed E-state index contributed by atoms with van der Waals surface area (Å²) in [6.07, 6.45) is -0.640. The van der Waals surface area contributed by atoms with Crippen LogP contribution in [0.5, 0.6) is 0 Å². The van der Waals surface area contributed by atoms with Crippen molar-refractivity contribution in [2.75, 3.05) is 11.9 Å². The van der Waals surface area contributed by atoms with Gasteiger partial charge in [-0.2, -0.15) is 0 Å². The molecule has 2 aromatic carbocycles. The predicted octanol–water partition coefficient (Wildman–Crippen LogP) is 4.77. The number of anilines is 1. The Kier molecular flexibility index (Phi) is 7.46. The molecule has 0 aliphatic heterocycles. The quantitative estimate of drug-likeness (QED) is 0.481. The third kappa shape index (κ3) is 5.85. The molecule has 0 spiro atoms. The predicted molar refractivity (Wildman–Crippen MR) is 133 cm³/mol. The van der Waals surface area contributed by atoms with Crippen molar-refractivity contribution in [1.29, 1.82) is 0 Å². The molecular weight excluding hydrogens is 458 g/mol. The van der Waals surface area contributed by atoms with Crippen LogP contribution in [-0.2, 0) is 4.74 Å². The molecule has 9 nitrogen and oxygen atoms in total. The molecule has 0 saturated carbocycles. The summed E-state index contributed by atoms with van der Waals surface area (Å²) in [5, 5.41) is 8.63. The molecule has 1 aromatic heterocycles. The SMILES string of the molecule is CCNC(=O)Nc1cccc(-n2c([C@H](C)NC(=O)OC(C)(C)C)nc3cccc(Cl)c3c2=O)c1. The van der Waals surface area contributed by atoms with E-state index in [2.05, 4.69) is 20.9 Å². The van der Waals surface area contributed by atoms with Gasteiger partial charge in [0.25, 0.3) is 5.56 Å². The smallest absolute Gasteiger partial charge is 0.408 e. The normalized spacial score (nSPS) is 12.2. The molecule has 0 radical (unpaired) electrons. The highest BCUT2D eigenvalue weighted by atomic mass is 35.5. The first-order valence-electron chi connectivity index (χ1n) is 10.9. The van der Waals surface area contributed by atoms with E-state index in [-0.39, 0.29) is 22.3 Å². The molecule has 0 fully saturated rings. The number of urea groups is 1. The second-order valence-electron chi connectivity index (χ2n) is 8.65. The van der Waals surface area contributed by atoms with Crippen LogP contribution in [0.15, 0.2) is 47.3 Å². The van der Waals surface area contributed by atoms with Crippen LogP contribution in [0.3, 0.4) is 0 Å². The van der Waals surface area contributed by atoms with Crippen molar-refractivity contribution in [3.8, 4) is 5.69 Å². The number of ether oxygens (including phenoxy) is 1. The lowest BCUT2D eigenvalue weighted by atomic mass is 10.2. The summed E-state index contributed by atoms with van der Waals surface area (Å²) in [5.41, 5.74) is 0.235. The molecule has 0 aliphatic rings. The van der Waals surface area contributed by atoms with Crippen molar-refractivity contribution < 1.29 is 14.3 Å². The van der Waals surface area contributed by atoms with Crippen molar-refractivity contribution in [3.63, 3.8) is 0 Å². The van der Waals surface area contributed by atoms with E-state index in [1.54, 1.807) is 70.2 Å². The Balaban J connectivity index is 2.14. The molecule has 34 heavy (non-hydrogen) atoms. The van der Waals surface area contributed by atoms with Crippen LogP contribution in [0, 0.1) is 0 Å². The van der Waals surface area contributed by atoms with E-state index < -0.39 is 23.3 Å². The average molecular weight is 486 g/mol. The summed E-state index contributed by atoms with van der Waals surface area (Å²) in [6.45, 7) is 9.26. The second-order valence-corrected chi connectivity index (χ2v) is 9.05. The van der Waals surface area contributed by atoms with Gasteiger partial charge in [0, 0.05) is 12.2 Å². The third-order valence-electron chi connectivity index (χ3n) is 4.69. The fraction of sp³-hybridized carbons (Fsp3) is 0.333. The molecule has 0 bridgehead atoms. The Labute approximate surface area is 202 Å². The number of rotatable bonds is 5. The minimum absolute atomic E-state index is 0.250. The van der Waals surface area contributed by atoms with Crippen LogP contribution in [0.4, 0.5) is 15.3 Å². The standard InChI is InChI=1S/C24H28ClN5O4/c1-6-26-22(32)28-15-9-7-10-16(13-15)30-20(14(2)27-23(33)34-24(3,4)5)29-18-12-8-11-17(25)19(18)21(30)31/h7-14H,6H2,1-5H3,(H,27,33)(H2,26,28,32)/t14-/m0/s1. The van der Waals surface area contributed by atoms with E-state index in [1.807, 2.05) is 6.92 Å². The number of alkyl carbamates (subject to hydrolysis) is 1. The van der Waals surface area contributed by atoms with Crippen molar-refractivity contribution in [2.24, 2.45) is 0 Å². The first-order valence-corrected chi connectivity index (χ1v) is 11.2. The fourth-order valence-electron chi connectivity index (χ4n) is 3.35. The summed E-state index contributed by atoms with van der Waals surface area (Å²) in [5.74, 6) is 0.279. The number of benzene rings is 2. The molecule has 0 aliphatic carbocycles. The van der Waals surface area contributed by atoms with Gasteiger partial charge in [0.05, 0.1) is 27.7 Å². The van der Waals surface area contributed by atoms with Gasteiger partial charge in [-0.25, -0.2) is 14.6 Å². The van der Waals surface area contributed by atoms with Crippen LogP contribution in [-0.4, -0.2) is 33.8 Å². The lowest BCUT2D eigenvalue weighted by Gasteiger charge is -2.23. The minimum atomic E-state index is -0.689. The maximum absolute atomic E-state index is 13.6. The van der Waals surface area contributed by atoms with E-state index in [0.717, 1.165) is 0 Å². The maximum Gasteiger partial charge on any atom is 0.408 e. The van der Waals surface area contributed by atoms with Crippen molar-refractivity contribution in [1.82, 2.24) is 20.2 Å². The summed E-state index contributed by atoms with van der Waals surface area (Å²) in [6, 6.07) is 10.7. The molecule has 10 heteroatoms. The molecule has 0 saturated heterocycles. The van der Waals surface area contributed by atoms with Gasteiger partial charge in [0.2, 0.25) is 0 Å². The average Bonchev–Trinajstić information content (AvgIpc) is 2.72. The van der Waals surface area contributed by atoms with E-state index in [9.17, 15) is 14.4 Å². The Morgan fingerprint density at radius 2 is 1.88 bits per heavy atom. The molecule has 3 N–H and O–H groups in total. The van der Waals surface area contributed by atoms with E-state index in [1.165, 1.54) is 4.57 Å². The van der Waals surface area contributed by atoms with Crippen molar-refractivity contribution in [2.45, 2.75) is 46.3 Å². The summed E-state index contributed by atoms with van der Waals surface area (Å²) >= 11 is 6.34. The number of hydrogen-bond acceptors (Lipinski definition) is 5. The number of aromatic nitrogens is 2. The molecule has 0 unspecified atom stereocenters. The zero-order chi connectivity index (χ0) is 25.0. The van der Waals surface area contributed by atoms with Gasteiger partial charge in [-0.1, -0.05) is 23.7 Å². The van der Waals surface area contributed by atoms with Crippen LogP contribution >= 0.6 is 11.6 Å². The van der Waals surface area contributed by atoms with E-state index >= 15 is 0 Å². The molecule has 1 atom stereocenters. The summed E-state index contributed by atoms with van der Waals surface area (Å²) in [4.78, 5) is 42.7. The van der Waals surface area contributed by atoms with Crippen LogP contribution in [0.25, 0.3) is 16.6 Å². The molecule has 180 valence electrons. The number of amides is 3. The van der Waals surface area contributed by atoms with Gasteiger partial charge in [0.15, 0.2) is 0 Å². The number of hydrogen-bond donors (Lipinski definition) is 3. The lowest BCUT2D eigenvalue weighted by Crippen LogP contribution is -2.37. The number of nitrogens with one attached hydrogen (secondary N) is 3. The highest BCUT2D eigenvalue weighted by Gasteiger charge is 2.23. The van der Waals surface area contributed by atoms with E-state index in [0.29, 0.717) is 23.4 Å². The van der Waals surface area contributed by atoms with Crippen molar-refractivity contribution >= 4 is 40.3 Å². The van der Waals surface area contributed by atoms with E-state index in [4.69, 9.17) is 16.3 Å². The maximum atomic E-state index is 13.6. The summed E-state index contributed by atoms with van der Waals surface area (Å²) < 4.78 is 6.73. The molecule has 1 heterocycles. The second kappa shape index (κ2) is 10.1. The lowest BCUT2D eigenvalue weighted by molar-refractivity contribution is 0.0505. The third-order valence-corrected chi connectivity index (χ3v) is 5.01. The number of halogens is 1. The highest BCUT2D eigenvalue weighted by molar-refractivity contribution is 6.35. The minimum Gasteiger partial charge on any atom is -0.444 e. The van der Waals surface area contributed by atoms with Crippen LogP contribution < -0.4 is 21.5 Å². The number of carbonyl (C=O) groups excluding carboxylic acids is 2. The Morgan fingerprint density at radius 3 is 2.56 bits per heavy atom. The Hall–Kier alpha value is -3.59. The van der Waals surface area contributed by atoms with Gasteiger partial charge in [0.1, 0.15) is 11.4 Å². The Bertz CT molecular complexity index is 1280. The molecule has 3 amide bonds. The highest BCUT2D eigenvalue weighted by Crippen LogP contribution is 2.24. The Morgan fingerprint density at radius 1 is 1.18 bits per heavy atom. The zero-order valence-electron chi connectivity index (χ0n) is 19.7. The topological polar surface area (TPSA) is 114 Å². The first kappa shape index (κ1) is 25.0. The first-order chi connectivity index (χ1) is 16.0. The fourth-order valence-corrected chi connectivity index (χ4v) is 3.60. The van der Waals surface area contributed by atoms with Gasteiger partial charge < -0.3 is 20.7 Å². The largest absolute Gasteiger partial charge is 0.444 e. The zero-order valence-corrected chi connectivity index (χ0v) is 20.5. The van der Waals surface area contributed by atoms with Gasteiger partial charge >= 0.3 is 12.1 Å². The van der Waals surface area contributed by atoms with Crippen LogP contribution in [0.1, 0.15) is 46.5 Å². The van der Waals surface area contributed by atoms with Gasteiger partial charge in [-0.15, -0.1) is 0 Å². The number of fused-ring (bicyclic) bond motifs is 1. The number of nitrogens with zero attached hydrogens (tertiary/aromatic N) is 2. The van der Waals surface area contributed by atoms with Crippen LogP contribution in [0.2, 0.25) is 5.02 Å². The monoisotopic (exact) mass is 485 g/mol. The summed E-state index contributed by atoms with van der Waals surface area (Å²) in [7, 11) is 0. The van der Waals surface area contributed by atoms with Gasteiger partial charge in [-0.3, -0.25) is 9.36 Å². The molecule has 3 rings (SSSR count).